The minimum absolute atomic E-state index is 0.206. The third-order valence-corrected chi connectivity index (χ3v) is 7.84. The fourth-order valence-corrected chi connectivity index (χ4v) is 6.06. The highest BCUT2D eigenvalue weighted by Gasteiger charge is 2.37. The van der Waals surface area contributed by atoms with Crippen LogP contribution in [0.3, 0.4) is 0 Å². The first-order chi connectivity index (χ1) is 18.5. The van der Waals surface area contributed by atoms with Crippen molar-refractivity contribution in [1.82, 2.24) is 4.57 Å². The smallest absolute Gasteiger partial charge is 0.338 e. The molecule has 1 aliphatic rings. The number of fused-ring (bicyclic) bond motifs is 2. The highest BCUT2D eigenvalue weighted by atomic mass is 35.5. The van der Waals surface area contributed by atoms with E-state index in [9.17, 15) is 9.59 Å². The van der Waals surface area contributed by atoms with Gasteiger partial charge in [0, 0.05) is 10.6 Å². The number of thiazole rings is 1. The second-order valence-electron chi connectivity index (χ2n) is 8.84. The quantitative estimate of drug-likeness (QED) is 0.291. The Bertz CT molecular complexity index is 1750. The second kappa shape index (κ2) is 11.0. The lowest BCUT2D eigenvalue weighted by molar-refractivity contribution is -0.139. The van der Waals surface area contributed by atoms with E-state index in [0.29, 0.717) is 37.8 Å². The van der Waals surface area contributed by atoms with Gasteiger partial charge in [-0.15, -0.1) is 0 Å². The van der Waals surface area contributed by atoms with E-state index in [-0.39, 0.29) is 12.2 Å². The van der Waals surface area contributed by atoms with Crippen LogP contribution in [0.5, 0.6) is 5.75 Å². The van der Waals surface area contributed by atoms with Crippen LogP contribution < -0.4 is 19.6 Å². The number of aromatic nitrogens is 1. The van der Waals surface area contributed by atoms with Crippen LogP contribution in [0.1, 0.15) is 43.9 Å². The number of methoxy groups -OCH3 is 1. The third kappa shape index (κ3) is 4.57. The van der Waals surface area contributed by atoms with Crippen LogP contribution >= 0.6 is 22.9 Å². The molecule has 0 unspecified atom stereocenters. The van der Waals surface area contributed by atoms with E-state index in [1.807, 2.05) is 61.5 Å². The van der Waals surface area contributed by atoms with E-state index in [1.165, 1.54) is 11.3 Å². The number of hydrogen-bond donors (Lipinski definition) is 0. The summed E-state index contributed by atoms with van der Waals surface area (Å²) in [6.07, 6.45) is 3.11. The van der Waals surface area contributed by atoms with Gasteiger partial charge >= 0.3 is 5.97 Å². The van der Waals surface area contributed by atoms with Gasteiger partial charge in [-0.3, -0.25) is 9.36 Å². The van der Waals surface area contributed by atoms with Gasteiger partial charge in [0.05, 0.1) is 29.5 Å². The maximum atomic E-state index is 14.1. The van der Waals surface area contributed by atoms with E-state index < -0.39 is 12.0 Å². The summed E-state index contributed by atoms with van der Waals surface area (Å²) in [5.41, 5.74) is 2.18. The van der Waals surface area contributed by atoms with Gasteiger partial charge in [0.15, 0.2) is 4.80 Å². The molecule has 2 heterocycles. The van der Waals surface area contributed by atoms with Crippen molar-refractivity contribution >= 4 is 45.8 Å². The van der Waals surface area contributed by atoms with Gasteiger partial charge in [-0.1, -0.05) is 84.8 Å². The fraction of sp³-hybridized carbons (Fsp3) is 0.233. The van der Waals surface area contributed by atoms with E-state index in [4.69, 9.17) is 26.1 Å². The van der Waals surface area contributed by atoms with Crippen molar-refractivity contribution < 1.29 is 14.3 Å². The van der Waals surface area contributed by atoms with Crippen molar-refractivity contribution in [1.29, 1.82) is 0 Å². The Kier molecular flexibility index (Phi) is 7.49. The lowest BCUT2D eigenvalue weighted by Crippen LogP contribution is -2.40. The molecule has 3 aromatic carbocycles. The van der Waals surface area contributed by atoms with Crippen molar-refractivity contribution in [2.45, 2.75) is 32.7 Å². The highest BCUT2D eigenvalue weighted by Crippen LogP contribution is 2.41. The van der Waals surface area contributed by atoms with Crippen LogP contribution in [0, 0.1) is 0 Å². The van der Waals surface area contributed by atoms with Gasteiger partial charge in [0.25, 0.3) is 5.56 Å². The summed E-state index contributed by atoms with van der Waals surface area (Å²) in [5, 5.41) is 2.40. The Morgan fingerprint density at radius 2 is 1.87 bits per heavy atom. The molecule has 1 atom stereocenters. The predicted molar refractivity (Wildman–Crippen MR) is 152 cm³/mol. The first kappa shape index (κ1) is 25.9. The van der Waals surface area contributed by atoms with Crippen molar-refractivity contribution in [3.05, 3.63) is 108 Å². The van der Waals surface area contributed by atoms with E-state index in [2.05, 4.69) is 0 Å². The van der Waals surface area contributed by atoms with Crippen LogP contribution in [0.25, 0.3) is 16.8 Å². The Labute approximate surface area is 229 Å². The number of halogens is 1. The number of nitrogens with zero attached hydrogens (tertiary/aromatic N) is 2. The zero-order chi connectivity index (χ0) is 26.8. The molecule has 1 aromatic heterocycles. The Balaban J connectivity index is 1.89. The third-order valence-electron chi connectivity index (χ3n) is 6.51. The summed E-state index contributed by atoms with van der Waals surface area (Å²) < 4.78 is 13.4. The normalized spacial score (nSPS) is 15.4. The largest absolute Gasteiger partial charge is 0.496 e. The number of hydrogen-bond acceptors (Lipinski definition) is 6. The van der Waals surface area contributed by atoms with Gasteiger partial charge in [0.2, 0.25) is 0 Å². The number of carbonyl (C=O) groups excluding carboxylic acids is 1. The van der Waals surface area contributed by atoms with E-state index >= 15 is 0 Å². The number of esters is 1. The predicted octanol–water partition coefficient (Wildman–Crippen LogP) is 5.39. The Morgan fingerprint density at radius 1 is 1.11 bits per heavy atom. The van der Waals surface area contributed by atoms with E-state index in [0.717, 1.165) is 28.3 Å². The molecular weight excluding hydrogens is 520 g/mol. The SMILES string of the molecule is CCCC1=C(C(=O)OCC)[C@@H](c2c(OC)ccc3ccccc23)n2c(s/c(=C/c3ccccc3Cl)c2=O)=N1. The molecule has 0 bridgehead atoms. The summed E-state index contributed by atoms with van der Waals surface area (Å²) in [6.45, 7) is 4.01. The minimum Gasteiger partial charge on any atom is -0.496 e. The molecule has 1 aliphatic heterocycles. The number of benzene rings is 3. The molecule has 0 saturated heterocycles. The summed E-state index contributed by atoms with van der Waals surface area (Å²) >= 11 is 7.68. The zero-order valence-corrected chi connectivity index (χ0v) is 22.9. The number of ether oxygens (including phenoxy) is 2. The summed E-state index contributed by atoms with van der Waals surface area (Å²) in [6, 6.07) is 18.3. The summed E-state index contributed by atoms with van der Waals surface area (Å²) in [7, 11) is 1.59. The Hall–Kier alpha value is -3.68. The molecule has 38 heavy (non-hydrogen) atoms. The first-order valence-corrected chi connectivity index (χ1v) is 13.7. The minimum atomic E-state index is -0.777. The van der Waals surface area contributed by atoms with Crippen LogP contribution in [-0.4, -0.2) is 24.3 Å². The van der Waals surface area contributed by atoms with E-state index in [1.54, 1.807) is 30.7 Å². The molecule has 0 saturated carbocycles. The number of rotatable bonds is 7. The van der Waals surface area contributed by atoms with Gasteiger partial charge in [-0.2, -0.15) is 0 Å². The summed E-state index contributed by atoms with van der Waals surface area (Å²) in [5.74, 6) is 0.0917. The highest BCUT2D eigenvalue weighted by molar-refractivity contribution is 7.07. The molecule has 0 fully saturated rings. The molecule has 4 aromatic rings. The first-order valence-electron chi connectivity index (χ1n) is 12.5. The molecule has 6 nitrogen and oxygen atoms in total. The van der Waals surface area contributed by atoms with Crippen molar-refractivity contribution in [2.75, 3.05) is 13.7 Å². The summed E-state index contributed by atoms with van der Waals surface area (Å²) in [4.78, 5) is 33.0. The molecule has 0 spiro atoms. The van der Waals surface area contributed by atoms with Crippen molar-refractivity contribution in [3.8, 4) is 5.75 Å². The van der Waals surface area contributed by atoms with Gasteiger partial charge in [-0.25, -0.2) is 9.79 Å². The molecule has 0 aliphatic carbocycles. The van der Waals surface area contributed by atoms with Crippen molar-refractivity contribution in [2.24, 2.45) is 4.99 Å². The van der Waals surface area contributed by atoms with Crippen LogP contribution in [0.15, 0.2) is 81.7 Å². The van der Waals surface area contributed by atoms with Gasteiger partial charge in [-0.05, 0) is 47.9 Å². The van der Waals surface area contributed by atoms with Crippen LogP contribution in [-0.2, 0) is 9.53 Å². The molecule has 0 radical (unpaired) electrons. The maximum Gasteiger partial charge on any atom is 0.338 e. The molecule has 0 N–H and O–H groups in total. The van der Waals surface area contributed by atoms with Crippen LogP contribution in [0.4, 0.5) is 0 Å². The van der Waals surface area contributed by atoms with Gasteiger partial charge < -0.3 is 9.47 Å². The average Bonchev–Trinajstić information content (AvgIpc) is 3.23. The zero-order valence-electron chi connectivity index (χ0n) is 21.4. The Morgan fingerprint density at radius 3 is 2.61 bits per heavy atom. The molecule has 8 heteroatoms. The number of allylic oxidation sites excluding steroid dienone is 1. The second-order valence-corrected chi connectivity index (χ2v) is 10.3. The maximum absolute atomic E-state index is 14.1. The van der Waals surface area contributed by atoms with Crippen LogP contribution in [0.2, 0.25) is 5.02 Å². The van der Waals surface area contributed by atoms with Gasteiger partial charge in [0.1, 0.15) is 11.8 Å². The number of carbonyl (C=O) groups is 1. The molecule has 0 amide bonds. The molecular formula is C30H27ClN2O4S. The molecule has 5 rings (SSSR count). The lowest BCUT2D eigenvalue weighted by atomic mass is 9.90. The molecule has 194 valence electrons. The lowest BCUT2D eigenvalue weighted by Gasteiger charge is -2.28. The van der Waals surface area contributed by atoms with Crippen molar-refractivity contribution in [3.63, 3.8) is 0 Å². The monoisotopic (exact) mass is 546 g/mol. The fourth-order valence-electron chi connectivity index (χ4n) is 4.86. The standard InChI is InChI=1S/C30H27ClN2O4S/c1-4-10-22-26(29(35)37-5-2)27(25-20-13-8-6-11-18(20)15-16-23(25)36-3)33-28(34)24(38-30(33)32-22)17-19-12-7-9-14-21(19)31/h6-9,11-17,27H,4-5,10H2,1-3H3/b24-17+/t27-/m1/s1. The topological polar surface area (TPSA) is 69.9 Å². The average molecular weight is 547 g/mol.